The Morgan fingerprint density at radius 1 is 1.11 bits per heavy atom. The van der Waals surface area contributed by atoms with E-state index in [2.05, 4.69) is 17.2 Å². The van der Waals surface area contributed by atoms with Crippen molar-refractivity contribution in [2.24, 2.45) is 7.05 Å². The fourth-order valence-electron chi connectivity index (χ4n) is 5.46. The molecule has 5 rings (SSSR count). The number of benzene rings is 1. The first-order valence-corrected chi connectivity index (χ1v) is 15.1. The predicted octanol–water partition coefficient (Wildman–Crippen LogP) is 3.23. The number of anilines is 1. The highest BCUT2D eigenvalue weighted by molar-refractivity contribution is 5.96. The predicted molar refractivity (Wildman–Crippen MR) is 166 cm³/mol. The molecule has 1 amide bonds. The van der Waals surface area contributed by atoms with E-state index in [9.17, 15) is 19.2 Å². The number of hydrogen-bond acceptors (Lipinski definition) is 8. The summed E-state index contributed by atoms with van der Waals surface area (Å²) in [6.07, 6.45) is 4.28. The number of ether oxygens (including phenoxy) is 2. The number of rotatable bonds is 8. The third-order valence-corrected chi connectivity index (χ3v) is 7.86. The van der Waals surface area contributed by atoms with Crippen molar-refractivity contribution in [3.63, 3.8) is 0 Å². The van der Waals surface area contributed by atoms with Gasteiger partial charge in [0.2, 0.25) is 5.95 Å². The van der Waals surface area contributed by atoms with Crippen molar-refractivity contribution < 1.29 is 19.1 Å². The number of piperidine rings is 1. The Labute approximate surface area is 256 Å². The van der Waals surface area contributed by atoms with Crippen molar-refractivity contribution >= 4 is 29.0 Å². The lowest BCUT2D eigenvalue weighted by atomic mass is 9.96. The van der Waals surface area contributed by atoms with E-state index < -0.39 is 29.5 Å². The fourth-order valence-corrected chi connectivity index (χ4v) is 5.46. The number of nitrogens with one attached hydrogen (secondary N) is 1. The van der Waals surface area contributed by atoms with Gasteiger partial charge in [-0.05, 0) is 71.9 Å². The van der Waals surface area contributed by atoms with Crippen LogP contribution in [0.4, 0.5) is 10.7 Å². The normalized spacial score (nSPS) is 17.0. The van der Waals surface area contributed by atoms with Crippen LogP contribution in [0.1, 0.15) is 70.2 Å². The zero-order valence-electron chi connectivity index (χ0n) is 26.0. The van der Waals surface area contributed by atoms with Crippen molar-refractivity contribution in [2.75, 3.05) is 18.0 Å². The molecule has 1 N–H and O–H groups in total. The van der Waals surface area contributed by atoms with E-state index in [4.69, 9.17) is 14.5 Å². The molecule has 2 aromatic heterocycles. The average Bonchev–Trinajstić information content (AvgIpc) is 3.34. The molecule has 3 aromatic rings. The van der Waals surface area contributed by atoms with Gasteiger partial charge in [0, 0.05) is 31.7 Å². The molecule has 1 saturated carbocycles. The van der Waals surface area contributed by atoms with Gasteiger partial charge in [-0.25, -0.2) is 9.59 Å². The van der Waals surface area contributed by atoms with Gasteiger partial charge in [-0.2, -0.15) is 4.98 Å². The second-order valence-electron chi connectivity index (χ2n) is 12.4. The number of alkyl carbamates (subject to hydrolysis) is 1. The Hall–Kier alpha value is -4.53. The number of aryl methyl sites for hydroxylation is 1. The van der Waals surface area contributed by atoms with Crippen LogP contribution in [0, 0.1) is 11.8 Å². The highest BCUT2D eigenvalue weighted by Gasteiger charge is 2.29. The zero-order valence-corrected chi connectivity index (χ0v) is 26.0. The summed E-state index contributed by atoms with van der Waals surface area (Å²) in [4.78, 5) is 59.9. The van der Waals surface area contributed by atoms with Crippen molar-refractivity contribution in [3.8, 4) is 17.6 Å². The van der Waals surface area contributed by atoms with Gasteiger partial charge in [-0.15, -0.1) is 5.92 Å². The third kappa shape index (κ3) is 6.67. The van der Waals surface area contributed by atoms with Crippen LogP contribution in [0.3, 0.4) is 0 Å². The largest absolute Gasteiger partial charge is 0.490 e. The van der Waals surface area contributed by atoms with Crippen LogP contribution in [0.2, 0.25) is 0 Å². The molecule has 0 spiro atoms. The number of fused-ring (bicyclic) bond motifs is 1. The quantitative estimate of drug-likeness (QED) is 0.307. The van der Waals surface area contributed by atoms with Gasteiger partial charge in [0.1, 0.15) is 11.4 Å². The van der Waals surface area contributed by atoms with Crippen molar-refractivity contribution in [1.82, 2.24) is 24.0 Å². The minimum absolute atomic E-state index is 0.154. The van der Waals surface area contributed by atoms with Crippen LogP contribution in [0.25, 0.3) is 11.2 Å². The highest BCUT2D eigenvalue weighted by Crippen LogP contribution is 2.26. The van der Waals surface area contributed by atoms with Crippen molar-refractivity contribution in [2.45, 2.75) is 90.6 Å². The summed E-state index contributed by atoms with van der Waals surface area (Å²) in [5, 5.41) is 2.94. The van der Waals surface area contributed by atoms with Crippen molar-refractivity contribution in [1.29, 1.82) is 0 Å². The molecule has 0 radical (unpaired) electrons. The minimum Gasteiger partial charge on any atom is -0.490 e. The molecule has 12 heteroatoms. The smallest absolute Gasteiger partial charge is 0.407 e. The van der Waals surface area contributed by atoms with E-state index in [0.29, 0.717) is 30.4 Å². The van der Waals surface area contributed by atoms with E-state index in [1.54, 1.807) is 35.8 Å². The van der Waals surface area contributed by atoms with E-state index in [0.717, 1.165) is 36.7 Å². The first-order chi connectivity index (χ1) is 20.9. The summed E-state index contributed by atoms with van der Waals surface area (Å²) in [6.45, 7) is 7.92. The van der Waals surface area contributed by atoms with Crippen LogP contribution in [0.5, 0.6) is 5.75 Å². The molecule has 44 heavy (non-hydrogen) atoms. The van der Waals surface area contributed by atoms with Gasteiger partial charge in [-0.3, -0.25) is 23.3 Å². The molecular weight excluding hydrogens is 564 g/mol. The summed E-state index contributed by atoms with van der Waals surface area (Å²) in [5.41, 5.74) is -1.13. The number of aromatic nitrogens is 4. The van der Waals surface area contributed by atoms with E-state index in [1.165, 1.54) is 11.6 Å². The lowest BCUT2D eigenvalue weighted by Crippen LogP contribution is -2.49. The molecule has 234 valence electrons. The lowest BCUT2D eigenvalue weighted by molar-refractivity contribution is 0.0499. The summed E-state index contributed by atoms with van der Waals surface area (Å²) < 4.78 is 15.3. The first kappa shape index (κ1) is 30.9. The van der Waals surface area contributed by atoms with Crippen LogP contribution in [-0.4, -0.2) is 61.4 Å². The average molecular weight is 605 g/mol. The maximum atomic E-state index is 13.9. The third-order valence-electron chi connectivity index (χ3n) is 7.86. The van der Waals surface area contributed by atoms with E-state index >= 15 is 0 Å². The Morgan fingerprint density at radius 3 is 2.57 bits per heavy atom. The maximum absolute atomic E-state index is 13.9. The molecule has 3 heterocycles. The Bertz CT molecular complexity index is 1750. The van der Waals surface area contributed by atoms with Gasteiger partial charge in [0.15, 0.2) is 16.9 Å². The van der Waals surface area contributed by atoms with Gasteiger partial charge >= 0.3 is 11.8 Å². The molecule has 12 nitrogen and oxygen atoms in total. The standard InChI is InChI=1S/C32H40N6O6/c1-6-7-17-37-26-27(34-29(37)36-16-10-12-22(19-36)33-30(41)44-32(2,3)4)35(5)31(42)38(28(26)40)20-25(39)21-11-8-15-24(18-21)43-23-13-9-14-23/h8,11,15,18,22-23H,9-10,12-14,16-17,19-20H2,1-5H3,(H,33,41)/t22-/m1/s1. The molecule has 1 atom stereocenters. The Kier molecular flexibility index (Phi) is 8.85. The molecule has 1 aliphatic carbocycles. The highest BCUT2D eigenvalue weighted by atomic mass is 16.6. The number of ketones is 1. The summed E-state index contributed by atoms with van der Waals surface area (Å²) in [6, 6.07) is 6.65. The van der Waals surface area contributed by atoms with Crippen molar-refractivity contribution in [3.05, 3.63) is 50.7 Å². The molecule has 1 aliphatic heterocycles. The topological polar surface area (TPSA) is 130 Å². The van der Waals surface area contributed by atoms with E-state index in [1.807, 2.05) is 25.7 Å². The van der Waals surface area contributed by atoms with Gasteiger partial charge in [0.25, 0.3) is 5.56 Å². The number of carbonyl (C=O) groups excluding carboxylic acids is 2. The second-order valence-corrected chi connectivity index (χ2v) is 12.4. The van der Waals surface area contributed by atoms with Crippen LogP contribution >= 0.6 is 0 Å². The first-order valence-electron chi connectivity index (χ1n) is 15.1. The summed E-state index contributed by atoms with van der Waals surface area (Å²) in [5.74, 6) is 6.56. The molecule has 2 aliphatic rings. The molecule has 1 saturated heterocycles. The number of hydrogen-bond donors (Lipinski definition) is 1. The summed E-state index contributed by atoms with van der Waals surface area (Å²) >= 11 is 0. The Balaban J connectivity index is 1.47. The molecule has 1 aromatic carbocycles. The molecule has 0 bridgehead atoms. The van der Waals surface area contributed by atoms with Gasteiger partial charge in [0.05, 0.1) is 19.2 Å². The zero-order chi connectivity index (χ0) is 31.6. The molecule has 0 unspecified atom stereocenters. The SMILES string of the molecule is CC#CCn1c(N2CCC[C@@H](NC(=O)OC(C)(C)C)C2)nc2c1c(=O)n(CC(=O)c1cccc(OC3CCC3)c1)c(=O)n2C. The number of nitrogens with zero attached hydrogens (tertiary/aromatic N) is 5. The number of carbonyl (C=O) groups is 2. The van der Waals surface area contributed by atoms with Crippen LogP contribution < -0.4 is 26.2 Å². The number of amides is 1. The minimum atomic E-state index is -0.640. The molecule has 2 fully saturated rings. The Morgan fingerprint density at radius 2 is 1.89 bits per heavy atom. The fraction of sp³-hybridized carbons (Fsp3) is 0.531. The monoisotopic (exact) mass is 604 g/mol. The van der Waals surface area contributed by atoms with Crippen LogP contribution in [-0.2, 0) is 24.9 Å². The van der Waals surface area contributed by atoms with Crippen LogP contribution in [0.15, 0.2) is 33.9 Å². The number of imidazole rings is 1. The maximum Gasteiger partial charge on any atom is 0.407 e. The second kappa shape index (κ2) is 12.6. The van der Waals surface area contributed by atoms with Gasteiger partial charge < -0.3 is 19.7 Å². The van der Waals surface area contributed by atoms with Gasteiger partial charge in [-0.1, -0.05) is 18.1 Å². The molecular formula is C32H40N6O6. The van der Waals surface area contributed by atoms with E-state index in [-0.39, 0.29) is 35.6 Å². The lowest BCUT2D eigenvalue weighted by Gasteiger charge is -2.34. The number of Topliss-reactive ketones (excluding diaryl/α,β-unsaturated/α-hetero) is 1. The summed E-state index contributed by atoms with van der Waals surface area (Å²) in [7, 11) is 1.54.